The molecule has 0 aromatic carbocycles. The van der Waals surface area contributed by atoms with Crippen LogP contribution in [0.25, 0.3) is 0 Å². The molecule has 1 aromatic rings. The van der Waals surface area contributed by atoms with Crippen molar-refractivity contribution in [2.24, 2.45) is 5.92 Å². The molecule has 0 unspecified atom stereocenters. The van der Waals surface area contributed by atoms with Crippen LogP contribution in [0.2, 0.25) is 0 Å². The minimum absolute atomic E-state index is 0.504. The Morgan fingerprint density at radius 3 is 2.71 bits per heavy atom. The lowest BCUT2D eigenvalue weighted by Gasteiger charge is -2.35. The summed E-state index contributed by atoms with van der Waals surface area (Å²) < 4.78 is 1.23. The van der Waals surface area contributed by atoms with Crippen LogP contribution in [0.1, 0.15) is 37.6 Å². The Balaban J connectivity index is 1.86. The summed E-state index contributed by atoms with van der Waals surface area (Å²) in [5.74, 6) is 0.926. The molecule has 1 fully saturated rings. The van der Waals surface area contributed by atoms with E-state index in [1.54, 1.807) is 0 Å². The van der Waals surface area contributed by atoms with Crippen LogP contribution in [0.3, 0.4) is 0 Å². The van der Waals surface area contributed by atoms with Gasteiger partial charge in [-0.1, -0.05) is 6.92 Å². The number of hydrogen-bond acceptors (Lipinski definition) is 2. The Bertz CT molecular complexity index is 304. The second-order valence-electron chi connectivity index (χ2n) is 4.30. The lowest BCUT2D eigenvalue weighted by molar-refractivity contribution is 0.227. The molecule has 2 rings (SSSR count). The highest BCUT2D eigenvalue weighted by molar-refractivity contribution is 9.11. The molecule has 0 amide bonds. The summed E-state index contributed by atoms with van der Waals surface area (Å²) in [5, 5.41) is 3.67. The third kappa shape index (κ3) is 2.38. The van der Waals surface area contributed by atoms with Crippen molar-refractivity contribution in [1.82, 2.24) is 5.32 Å². The normalized spacial score (nSPS) is 28.5. The van der Waals surface area contributed by atoms with Gasteiger partial charge in [0.1, 0.15) is 0 Å². The molecule has 78 valence electrons. The molecule has 1 atom stereocenters. The molecule has 0 spiro atoms. The van der Waals surface area contributed by atoms with Crippen LogP contribution in [-0.4, -0.2) is 6.04 Å². The van der Waals surface area contributed by atoms with Gasteiger partial charge >= 0.3 is 0 Å². The Labute approximate surface area is 98.0 Å². The standard InChI is InChI=1S/C11H16BrNS/c1-7-5-9(6-7)13-8(2)10-3-4-11(12)14-10/h3-4,7-9,13H,5-6H2,1-2H3/t7?,8-,9?/m1/s1. The summed E-state index contributed by atoms with van der Waals surface area (Å²) in [7, 11) is 0. The molecule has 0 saturated heterocycles. The summed E-state index contributed by atoms with van der Waals surface area (Å²) in [6.45, 7) is 4.58. The third-order valence-electron chi connectivity index (χ3n) is 2.88. The van der Waals surface area contributed by atoms with Gasteiger partial charge in [0.25, 0.3) is 0 Å². The van der Waals surface area contributed by atoms with E-state index in [4.69, 9.17) is 0 Å². The van der Waals surface area contributed by atoms with Crippen molar-refractivity contribution in [2.45, 2.75) is 38.8 Å². The van der Waals surface area contributed by atoms with Gasteiger partial charge in [0.2, 0.25) is 0 Å². The van der Waals surface area contributed by atoms with E-state index < -0.39 is 0 Å². The Hall–Kier alpha value is 0.140. The first-order chi connectivity index (χ1) is 6.65. The summed E-state index contributed by atoms with van der Waals surface area (Å²) >= 11 is 5.33. The molecule has 1 aromatic heterocycles. The van der Waals surface area contributed by atoms with E-state index in [-0.39, 0.29) is 0 Å². The van der Waals surface area contributed by atoms with Gasteiger partial charge in [-0.3, -0.25) is 0 Å². The van der Waals surface area contributed by atoms with Crippen molar-refractivity contribution < 1.29 is 0 Å². The van der Waals surface area contributed by atoms with Gasteiger partial charge in [-0.05, 0) is 53.7 Å². The van der Waals surface area contributed by atoms with Crippen LogP contribution < -0.4 is 5.32 Å². The van der Waals surface area contributed by atoms with Crippen molar-refractivity contribution in [3.63, 3.8) is 0 Å². The van der Waals surface area contributed by atoms with Gasteiger partial charge in [0, 0.05) is 17.0 Å². The monoisotopic (exact) mass is 273 g/mol. The van der Waals surface area contributed by atoms with Crippen LogP contribution in [0.4, 0.5) is 0 Å². The molecule has 1 N–H and O–H groups in total. The first-order valence-corrected chi connectivity index (χ1v) is 6.77. The average molecular weight is 274 g/mol. The van der Waals surface area contributed by atoms with E-state index >= 15 is 0 Å². The summed E-state index contributed by atoms with van der Waals surface area (Å²) in [6.07, 6.45) is 2.69. The molecule has 3 heteroatoms. The van der Waals surface area contributed by atoms with E-state index in [2.05, 4.69) is 47.2 Å². The van der Waals surface area contributed by atoms with Crippen LogP contribution in [-0.2, 0) is 0 Å². The van der Waals surface area contributed by atoms with E-state index in [0.29, 0.717) is 6.04 Å². The van der Waals surface area contributed by atoms with E-state index in [1.807, 2.05) is 11.3 Å². The van der Waals surface area contributed by atoms with E-state index in [0.717, 1.165) is 12.0 Å². The number of hydrogen-bond donors (Lipinski definition) is 1. The highest BCUT2D eigenvalue weighted by Crippen LogP contribution is 2.31. The zero-order valence-electron chi connectivity index (χ0n) is 8.59. The molecule has 1 heterocycles. The first kappa shape index (κ1) is 10.7. The fourth-order valence-corrected chi connectivity index (χ4v) is 3.47. The summed E-state index contributed by atoms with van der Waals surface area (Å²) in [5.41, 5.74) is 0. The van der Waals surface area contributed by atoms with Crippen LogP contribution in [0, 0.1) is 5.92 Å². The van der Waals surface area contributed by atoms with Gasteiger partial charge in [-0.15, -0.1) is 11.3 Å². The Kier molecular flexibility index (Phi) is 3.30. The first-order valence-electron chi connectivity index (χ1n) is 5.16. The maximum atomic E-state index is 3.67. The maximum Gasteiger partial charge on any atom is 0.0701 e. The zero-order chi connectivity index (χ0) is 10.1. The molecule has 1 saturated carbocycles. The highest BCUT2D eigenvalue weighted by atomic mass is 79.9. The van der Waals surface area contributed by atoms with E-state index in [9.17, 15) is 0 Å². The lowest BCUT2D eigenvalue weighted by Crippen LogP contribution is -2.41. The summed E-state index contributed by atoms with van der Waals surface area (Å²) in [4.78, 5) is 1.43. The smallest absolute Gasteiger partial charge is 0.0701 e. The van der Waals surface area contributed by atoms with Gasteiger partial charge < -0.3 is 5.32 Å². The Morgan fingerprint density at radius 2 is 2.21 bits per heavy atom. The lowest BCUT2D eigenvalue weighted by atomic mass is 9.81. The SMILES string of the molecule is CC1CC(N[C@H](C)c2ccc(Br)s2)C1. The number of nitrogens with one attached hydrogen (secondary N) is 1. The van der Waals surface area contributed by atoms with Crippen molar-refractivity contribution in [1.29, 1.82) is 0 Å². The molecule has 1 nitrogen and oxygen atoms in total. The third-order valence-corrected chi connectivity index (χ3v) is 4.69. The van der Waals surface area contributed by atoms with Crippen LogP contribution in [0.15, 0.2) is 15.9 Å². The largest absolute Gasteiger partial charge is 0.307 e. The topological polar surface area (TPSA) is 12.0 Å². The van der Waals surface area contributed by atoms with Crippen molar-refractivity contribution >= 4 is 27.3 Å². The molecular weight excluding hydrogens is 258 g/mol. The second kappa shape index (κ2) is 4.33. The minimum Gasteiger partial charge on any atom is -0.307 e. The zero-order valence-corrected chi connectivity index (χ0v) is 11.0. The molecule has 1 aliphatic rings. The van der Waals surface area contributed by atoms with Crippen molar-refractivity contribution in [3.05, 3.63) is 20.8 Å². The molecule has 0 bridgehead atoms. The number of rotatable bonds is 3. The quantitative estimate of drug-likeness (QED) is 0.879. The minimum atomic E-state index is 0.504. The molecule has 14 heavy (non-hydrogen) atoms. The van der Waals surface area contributed by atoms with Crippen molar-refractivity contribution in [3.8, 4) is 0 Å². The average Bonchev–Trinajstić information content (AvgIpc) is 2.49. The predicted molar refractivity (Wildman–Crippen MR) is 65.8 cm³/mol. The fourth-order valence-electron chi connectivity index (χ4n) is 2.04. The molecule has 0 aliphatic heterocycles. The van der Waals surface area contributed by atoms with Crippen LogP contribution >= 0.6 is 27.3 Å². The van der Waals surface area contributed by atoms with Crippen molar-refractivity contribution in [2.75, 3.05) is 0 Å². The fraction of sp³-hybridized carbons (Fsp3) is 0.636. The molecule has 0 radical (unpaired) electrons. The van der Waals surface area contributed by atoms with Gasteiger partial charge in [-0.25, -0.2) is 0 Å². The number of thiophene rings is 1. The molecule has 1 aliphatic carbocycles. The highest BCUT2D eigenvalue weighted by Gasteiger charge is 2.26. The predicted octanol–water partition coefficient (Wildman–Crippen LogP) is 3.96. The second-order valence-corrected chi connectivity index (χ2v) is 6.80. The summed E-state index contributed by atoms with van der Waals surface area (Å²) in [6, 6.07) is 5.58. The maximum absolute atomic E-state index is 3.67. The Morgan fingerprint density at radius 1 is 1.50 bits per heavy atom. The van der Waals surface area contributed by atoms with E-state index in [1.165, 1.54) is 21.5 Å². The van der Waals surface area contributed by atoms with Gasteiger partial charge in [0.05, 0.1) is 3.79 Å². The number of halogens is 1. The van der Waals surface area contributed by atoms with Crippen LogP contribution in [0.5, 0.6) is 0 Å². The van der Waals surface area contributed by atoms with Gasteiger partial charge in [0.15, 0.2) is 0 Å². The van der Waals surface area contributed by atoms with Gasteiger partial charge in [-0.2, -0.15) is 0 Å². The molecular formula is C11H16BrNS.